The average Bonchev–Trinajstić information content (AvgIpc) is 2.55. The summed E-state index contributed by atoms with van der Waals surface area (Å²) in [5, 5.41) is 0.420. The van der Waals surface area contributed by atoms with Crippen molar-refractivity contribution in [3.63, 3.8) is 0 Å². The number of alkyl halides is 1. The summed E-state index contributed by atoms with van der Waals surface area (Å²) < 4.78 is 0. The first kappa shape index (κ1) is 14.3. The molecule has 21 heavy (non-hydrogen) atoms. The summed E-state index contributed by atoms with van der Waals surface area (Å²) >= 11 is 12.0. The van der Waals surface area contributed by atoms with E-state index in [0.717, 1.165) is 43.5 Å². The molecule has 0 aliphatic carbocycles. The van der Waals surface area contributed by atoms with E-state index in [1.807, 2.05) is 6.07 Å². The highest BCUT2D eigenvalue weighted by Crippen LogP contribution is 2.26. The molecule has 1 saturated heterocycles. The highest BCUT2D eigenvalue weighted by atomic mass is 35.5. The quantitative estimate of drug-likeness (QED) is 0.635. The lowest BCUT2D eigenvalue weighted by Gasteiger charge is -2.36. The second kappa shape index (κ2) is 6.41. The van der Waals surface area contributed by atoms with Crippen molar-refractivity contribution in [3.8, 4) is 0 Å². The molecule has 1 aliphatic rings. The van der Waals surface area contributed by atoms with Crippen molar-refractivity contribution in [2.45, 2.75) is 5.88 Å². The molecule has 6 nitrogen and oxygen atoms in total. The SMILES string of the molecule is ClCc1c(Cl)ncnc1N1CCN(c2ncccn2)CC1. The lowest BCUT2D eigenvalue weighted by atomic mass is 10.2. The molecule has 2 aromatic rings. The number of hydrogen-bond acceptors (Lipinski definition) is 6. The predicted molar refractivity (Wildman–Crippen MR) is 83.1 cm³/mol. The summed E-state index contributed by atoms with van der Waals surface area (Å²) in [6.45, 7) is 3.28. The Morgan fingerprint density at radius 2 is 1.62 bits per heavy atom. The fourth-order valence-corrected chi connectivity index (χ4v) is 2.85. The smallest absolute Gasteiger partial charge is 0.225 e. The summed E-state index contributed by atoms with van der Waals surface area (Å²) in [5.74, 6) is 1.88. The first-order chi connectivity index (χ1) is 10.3. The number of piperazine rings is 1. The molecule has 0 N–H and O–H groups in total. The third kappa shape index (κ3) is 3.01. The topological polar surface area (TPSA) is 58.0 Å². The molecule has 1 fully saturated rings. The van der Waals surface area contributed by atoms with Gasteiger partial charge in [0, 0.05) is 44.1 Å². The summed E-state index contributed by atoms with van der Waals surface area (Å²) in [4.78, 5) is 21.2. The number of aromatic nitrogens is 4. The summed E-state index contributed by atoms with van der Waals surface area (Å²) in [7, 11) is 0. The van der Waals surface area contributed by atoms with Crippen LogP contribution in [0.15, 0.2) is 24.8 Å². The van der Waals surface area contributed by atoms with Crippen molar-refractivity contribution in [2.24, 2.45) is 0 Å². The van der Waals surface area contributed by atoms with Crippen molar-refractivity contribution in [1.29, 1.82) is 0 Å². The van der Waals surface area contributed by atoms with Crippen molar-refractivity contribution in [2.75, 3.05) is 36.0 Å². The maximum absolute atomic E-state index is 6.08. The van der Waals surface area contributed by atoms with Gasteiger partial charge in [0.2, 0.25) is 5.95 Å². The lowest BCUT2D eigenvalue weighted by molar-refractivity contribution is 0.632. The predicted octanol–water partition coefficient (Wildman–Crippen LogP) is 1.99. The minimum atomic E-state index is 0.303. The van der Waals surface area contributed by atoms with Gasteiger partial charge >= 0.3 is 0 Å². The van der Waals surface area contributed by atoms with Crippen LogP contribution >= 0.6 is 23.2 Å². The highest BCUT2D eigenvalue weighted by molar-refractivity contribution is 6.31. The maximum Gasteiger partial charge on any atom is 0.225 e. The van der Waals surface area contributed by atoms with Crippen LogP contribution in [0.2, 0.25) is 5.15 Å². The van der Waals surface area contributed by atoms with Gasteiger partial charge in [0.25, 0.3) is 0 Å². The van der Waals surface area contributed by atoms with Crippen LogP contribution in [0.4, 0.5) is 11.8 Å². The zero-order valence-corrected chi connectivity index (χ0v) is 12.8. The Morgan fingerprint density at radius 3 is 2.29 bits per heavy atom. The van der Waals surface area contributed by atoms with Crippen LogP contribution in [0.5, 0.6) is 0 Å². The monoisotopic (exact) mass is 324 g/mol. The number of anilines is 2. The van der Waals surface area contributed by atoms with Crippen LogP contribution in [0.3, 0.4) is 0 Å². The van der Waals surface area contributed by atoms with Gasteiger partial charge < -0.3 is 9.80 Å². The van der Waals surface area contributed by atoms with E-state index >= 15 is 0 Å². The minimum Gasteiger partial charge on any atom is -0.353 e. The second-order valence-corrected chi connectivity index (χ2v) is 5.25. The normalized spacial score (nSPS) is 15.3. The Bertz CT molecular complexity index is 601. The molecule has 0 atom stereocenters. The van der Waals surface area contributed by atoms with E-state index in [2.05, 4.69) is 29.7 Å². The van der Waals surface area contributed by atoms with Crippen LogP contribution < -0.4 is 9.80 Å². The van der Waals surface area contributed by atoms with Gasteiger partial charge in [-0.05, 0) is 6.07 Å². The van der Waals surface area contributed by atoms with Crippen LogP contribution in [-0.2, 0) is 5.88 Å². The Balaban J connectivity index is 1.73. The van der Waals surface area contributed by atoms with Crippen LogP contribution in [0.25, 0.3) is 0 Å². The van der Waals surface area contributed by atoms with E-state index in [4.69, 9.17) is 23.2 Å². The van der Waals surface area contributed by atoms with E-state index in [1.54, 1.807) is 12.4 Å². The molecule has 0 spiro atoms. The second-order valence-electron chi connectivity index (χ2n) is 4.62. The molecule has 0 bridgehead atoms. The fourth-order valence-electron chi connectivity index (χ4n) is 2.34. The van der Waals surface area contributed by atoms with Crippen LogP contribution in [-0.4, -0.2) is 46.1 Å². The highest BCUT2D eigenvalue weighted by Gasteiger charge is 2.22. The Hall–Kier alpha value is -1.66. The van der Waals surface area contributed by atoms with E-state index in [0.29, 0.717) is 11.0 Å². The van der Waals surface area contributed by atoms with Gasteiger partial charge in [0.1, 0.15) is 17.3 Å². The first-order valence-corrected chi connectivity index (χ1v) is 7.53. The molecule has 0 amide bonds. The Morgan fingerprint density at radius 1 is 0.952 bits per heavy atom. The Labute approximate surface area is 132 Å². The van der Waals surface area contributed by atoms with Gasteiger partial charge in [-0.3, -0.25) is 0 Å². The van der Waals surface area contributed by atoms with Gasteiger partial charge in [-0.25, -0.2) is 19.9 Å². The molecule has 8 heteroatoms. The van der Waals surface area contributed by atoms with Gasteiger partial charge in [-0.1, -0.05) is 11.6 Å². The molecule has 110 valence electrons. The number of halogens is 2. The van der Waals surface area contributed by atoms with Gasteiger partial charge in [0.05, 0.1) is 5.88 Å². The maximum atomic E-state index is 6.08. The third-order valence-corrected chi connectivity index (χ3v) is 4.01. The standard InChI is InChI=1S/C13H14Cl2N6/c14-8-10-11(15)18-9-19-12(10)20-4-6-21(7-5-20)13-16-2-1-3-17-13/h1-3,9H,4-8H2. The molecule has 0 saturated carbocycles. The van der Waals surface area contributed by atoms with E-state index in [1.165, 1.54) is 6.33 Å². The van der Waals surface area contributed by atoms with Crippen LogP contribution in [0.1, 0.15) is 5.56 Å². The fraction of sp³-hybridized carbons (Fsp3) is 0.385. The number of nitrogens with zero attached hydrogens (tertiary/aromatic N) is 6. The molecule has 0 radical (unpaired) electrons. The minimum absolute atomic E-state index is 0.303. The van der Waals surface area contributed by atoms with Gasteiger partial charge in [-0.2, -0.15) is 0 Å². The van der Waals surface area contributed by atoms with E-state index in [-0.39, 0.29) is 0 Å². The first-order valence-electron chi connectivity index (χ1n) is 6.62. The average molecular weight is 325 g/mol. The molecule has 3 rings (SSSR count). The summed E-state index contributed by atoms with van der Waals surface area (Å²) in [6.07, 6.45) is 4.98. The number of hydrogen-bond donors (Lipinski definition) is 0. The largest absolute Gasteiger partial charge is 0.353 e. The molecule has 1 aliphatic heterocycles. The zero-order valence-electron chi connectivity index (χ0n) is 11.3. The molecule has 0 aromatic carbocycles. The molecule has 3 heterocycles. The molecular weight excluding hydrogens is 311 g/mol. The molecular formula is C13H14Cl2N6. The van der Waals surface area contributed by atoms with Crippen molar-refractivity contribution in [1.82, 2.24) is 19.9 Å². The molecule has 0 unspecified atom stereocenters. The van der Waals surface area contributed by atoms with Crippen molar-refractivity contribution >= 4 is 35.0 Å². The van der Waals surface area contributed by atoms with E-state index in [9.17, 15) is 0 Å². The zero-order chi connectivity index (χ0) is 14.7. The van der Waals surface area contributed by atoms with Crippen molar-refractivity contribution in [3.05, 3.63) is 35.5 Å². The summed E-state index contributed by atoms with van der Waals surface area (Å²) in [6, 6.07) is 1.81. The van der Waals surface area contributed by atoms with Gasteiger partial charge in [-0.15, -0.1) is 11.6 Å². The Kier molecular flexibility index (Phi) is 4.36. The van der Waals surface area contributed by atoms with Crippen LogP contribution in [0, 0.1) is 0 Å². The van der Waals surface area contributed by atoms with Gasteiger partial charge in [0.15, 0.2) is 0 Å². The van der Waals surface area contributed by atoms with Crippen molar-refractivity contribution < 1.29 is 0 Å². The third-order valence-electron chi connectivity index (χ3n) is 3.42. The molecule has 2 aromatic heterocycles. The summed E-state index contributed by atoms with van der Waals surface area (Å²) in [5.41, 5.74) is 0.783. The van der Waals surface area contributed by atoms with E-state index < -0.39 is 0 Å². The lowest BCUT2D eigenvalue weighted by Crippen LogP contribution is -2.47. The number of rotatable bonds is 3.